The highest BCUT2D eigenvalue weighted by Crippen LogP contribution is 2.43. The molecule has 2 N–H and O–H groups in total. The molecule has 0 saturated carbocycles. The molecular formula is C27H34N4O4. The van der Waals surface area contributed by atoms with E-state index in [1.54, 1.807) is 0 Å². The van der Waals surface area contributed by atoms with Gasteiger partial charge < -0.3 is 19.8 Å². The average molecular weight is 479 g/mol. The molecule has 8 nitrogen and oxygen atoms in total. The van der Waals surface area contributed by atoms with Crippen molar-refractivity contribution in [3.05, 3.63) is 64.2 Å². The molecule has 0 fully saturated rings. The predicted molar refractivity (Wildman–Crippen MR) is 133 cm³/mol. The zero-order chi connectivity index (χ0) is 25.2. The van der Waals surface area contributed by atoms with Gasteiger partial charge in [0.05, 0.1) is 12.2 Å². The molecule has 2 heterocycles. The largest absolute Gasteiger partial charge is 0.493 e. The quantitative estimate of drug-likeness (QED) is 0.480. The summed E-state index contributed by atoms with van der Waals surface area (Å²) < 4.78 is 12.3. The molecule has 4 rings (SSSR count). The van der Waals surface area contributed by atoms with E-state index in [0.29, 0.717) is 30.1 Å². The number of aryl methyl sites for hydroxylation is 2. The lowest BCUT2D eigenvalue weighted by Crippen LogP contribution is -2.37. The number of hydrogen-bond acceptors (Lipinski definition) is 6. The second-order valence-corrected chi connectivity index (χ2v) is 10.3. The van der Waals surface area contributed by atoms with E-state index in [1.807, 2.05) is 0 Å². The Kier molecular flexibility index (Phi) is 7.10. The van der Waals surface area contributed by atoms with Crippen molar-refractivity contribution in [3.8, 4) is 0 Å². The molecule has 2 aliphatic rings. The Hall–Kier alpha value is -3.42. The van der Waals surface area contributed by atoms with Gasteiger partial charge in [0.1, 0.15) is 30.4 Å². The summed E-state index contributed by atoms with van der Waals surface area (Å²) in [5.74, 6) is 1.18. The van der Waals surface area contributed by atoms with E-state index in [1.165, 1.54) is 24.3 Å². The summed E-state index contributed by atoms with van der Waals surface area (Å²) in [6, 6.07) is 6.14. The van der Waals surface area contributed by atoms with Gasteiger partial charge >= 0.3 is 0 Å². The average Bonchev–Trinajstić information content (AvgIpc) is 3.40. The molecule has 35 heavy (non-hydrogen) atoms. The van der Waals surface area contributed by atoms with Crippen molar-refractivity contribution in [2.45, 2.75) is 71.9 Å². The van der Waals surface area contributed by atoms with Gasteiger partial charge in [-0.1, -0.05) is 39.0 Å². The summed E-state index contributed by atoms with van der Waals surface area (Å²) in [4.78, 5) is 32.8. The molecule has 2 aromatic rings. The van der Waals surface area contributed by atoms with Crippen molar-refractivity contribution < 1.29 is 18.7 Å². The van der Waals surface area contributed by atoms with Gasteiger partial charge in [0.25, 0.3) is 0 Å². The highest BCUT2D eigenvalue weighted by Gasteiger charge is 2.36. The topological polar surface area (TPSA) is 106 Å². The van der Waals surface area contributed by atoms with E-state index < -0.39 is 0 Å². The lowest BCUT2D eigenvalue weighted by molar-refractivity contribution is -0.123. The third-order valence-electron chi connectivity index (χ3n) is 6.57. The molecule has 2 atom stereocenters. The molecule has 1 aromatic carbocycles. The molecule has 1 aliphatic heterocycles. The maximum atomic E-state index is 12.8. The van der Waals surface area contributed by atoms with Gasteiger partial charge in [0.2, 0.25) is 17.7 Å². The fourth-order valence-electron chi connectivity index (χ4n) is 4.67. The van der Waals surface area contributed by atoms with Gasteiger partial charge in [-0.2, -0.15) is 0 Å². The van der Waals surface area contributed by atoms with Crippen LogP contribution in [0.3, 0.4) is 0 Å². The summed E-state index contributed by atoms with van der Waals surface area (Å²) in [5, 5.41) is 5.83. The molecule has 1 aromatic heterocycles. The van der Waals surface area contributed by atoms with Crippen LogP contribution in [0.15, 0.2) is 39.6 Å². The lowest BCUT2D eigenvalue weighted by Gasteiger charge is -2.29. The van der Waals surface area contributed by atoms with E-state index in [0.717, 1.165) is 24.2 Å². The Morgan fingerprint density at radius 3 is 2.86 bits per heavy atom. The van der Waals surface area contributed by atoms with E-state index >= 15 is 0 Å². The van der Waals surface area contributed by atoms with Gasteiger partial charge in [-0.3, -0.25) is 14.6 Å². The number of carbonyl (C=O) groups is 2. The minimum atomic E-state index is -0.373. The Bertz CT molecular complexity index is 1160. The number of aromatic nitrogens is 1. The number of rotatable bonds is 6. The Morgan fingerprint density at radius 1 is 1.34 bits per heavy atom. The van der Waals surface area contributed by atoms with Crippen molar-refractivity contribution in [1.82, 2.24) is 15.6 Å². The predicted octanol–water partition coefficient (Wildman–Crippen LogP) is 4.10. The molecule has 186 valence electrons. The van der Waals surface area contributed by atoms with Crippen LogP contribution in [0.1, 0.15) is 86.5 Å². The Morgan fingerprint density at radius 2 is 2.14 bits per heavy atom. The number of ether oxygens (including phenoxy) is 1. The zero-order valence-corrected chi connectivity index (χ0v) is 20.9. The minimum absolute atomic E-state index is 0.0253. The Labute approximate surface area is 206 Å². The van der Waals surface area contributed by atoms with Crippen LogP contribution in [0, 0.1) is 5.41 Å². The number of amides is 2. The number of nitrogens with zero attached hydrogens (tertiary/aromatic N) is 2. The molecule has 0 radical (unpaired) electrons. The molecule has 2 amide bonds. The summed E-state index contributed by atoms with van der Waals surface area (Å²) in [5.41, 5.74) is 4.61. The van der Waals surface area contributed by atoms with Crippen LogP contribution in [-0.4, -0.2) is 30.1 Å². The normalized spacial score (nSPS) is 19.9. The van der Waals surface area contributed by atoms with Crippen molar-refractivity contribution >= 4 is 18.5 Å². The zero-order valence-electron chi connectivity index (χ0n) is 20.9. The second-order valence-electron chi connectivity index (χ2n) is 10.3. The van der Waals surface area contributed by atoms with E-state index in [2.05, 4.69) is 61.3 Å². The van der Waals surface area contributed by atoms with Crippen LogP contribution in [-0.2, 0) is 33.8 Å². The lowest BCUT2D eigenvalue weighted by atomic mass is 9.86. The van der Waals surface area contributed by atoms with Crippen LogP contribution in [0.5, 0.6) is 0 Å². The fraction of sp³-hybridized carbons (Fsp3) is 0.481. The summed E-state index contributed by atoms with van der Waals surface area (Å²) in [6.45, 7) is 11.6. The molecule has 0 spiro atoms. The van der Waals surface area contributed by atoms with E-state index in [9.17, 15) is 9.59 Å². The number of oxazole rings is 1. The Balaban J connectivity index is 1.71. The highest BCUT2D eigenvalue weighted by molar-refractivity contribution is 5.76. The van der Waals surface area contributed by atoms with Crippen molar-refractivity contribution in [2.75, 3.05) is 6.54 Å². The molecular weight excluding hydrogens is 444 g/mol. The first-order valence-corrected chi connectivity index (χ1v) is 12.1. The van der Waals surface area contributed by atoms with E-state index in [4.69, 9.17) is 14.1 Å². The standard InChI is InChI=1S/C27H34N4O4/c1-16(32)29-13-19(28-5)14-34-15-22-24-20-10-9-18-8-6-17(12-21(18)20)7-11-23(33)31-25(27(2,3)4)26(30-22)35-24/h6,8,12,14,20,25H,5,7,9-11,13,15H2,1-4H3,(H,29,32)(H,31,33)/b19-14-/t20-,25+/m0/s1. The summed E-state index contributed by atoms with van der Waals surface area (Å²) in [7, 11) is 0. The third kappa shape index (κ3) is 5.63. The van der Waals surface area contributed by atoms with Gasteiger partial charge in [-0.25, -0.2) is 4.98 Å². The first kappa shape index (κ1) is 24.7. The number of nitrogens with one attached hydrogen (secondary N) is 2. The number of benzene rings is 1. The number of aliphatic imine (C=N–C) groups is 1. The van der Waals surface area contributed by atoms with Crippen LogP contribution in [0.4, 0.5) is 0 Å². The van der Waals surface area contributed by atoms with Crippen LogP contribution in [0.2, 0.25) is 0 Å². The monoisotopic (exact) mass is 478 g/mol. The molecule has 4 bridgehead atoms. The van der Waals surface area contributed by atoms with E-state index in [-0.39, 0.29) is 42.3 Å². The maximum Gasteiger partial charge on any atom is 0.220 e. The number of fused-ring (bicyclic) bond motifs is 4. The molecule has 8 heteroatoms. The second kappa shape index (κ2) is 10.1. The highest BCUT2D eigenvalue weighted by atomic mass is 16.5. The van der Waals surface area contributed by atoms with Crippen molar-refractivity contribution in [2.24, 2.45) is 10.4 Å². The van der Waals surface area contributed by atoms with Gasteiger partial charge in [0.15, 0.2) is 0 Å². The SMILES string of the molecule is C=N/C(=C\OCc1nc2oc1[C@H]1CCc3ccc(cc31)CCC(=O)N[C@H]2C(C)(C)C)CNC(C)=O. The van der Waals surface area contributed by atoms with Crippen molar-refractivity contribution in [1.29, 1.82) is 0 Å². The molecule has 0 saturated heterocycles. The molecule has 0 unspecified atom stereocenters. The smallest absolute Gasteiger partial charge is 0.220 e. The first-order valence-electron chi connectivity index (χ1n) is 12.1. The minimum Gasteiger partial charge on any atom is -0.493 e. The van der Waals surface area contributed by atoms with Gasteiger partial charge in [-0.15, -0.1) is 0 Å². The maximum absolute atomic E-state index is 12.8. The third-order valence-corrected chi connectivity index (χ3v) is 6.57. The number of carbonyl (C=O) groups excluding carboxylic acids is 2. The fourth-order valence-corrected chi connectivity index (χ4v) is 4.67. The summed E-state index contributed by atoms with van der Waals surface area (Å²) >= 11 is 0. The first-order chi connectivity index (χ1) is 16.7. The van der Waals surface area contributed by atoms with Gasteiger partial charge in [0, 0.05) is 19.3 Å². The van der Waals surface area contributed by atoms with Crippen LogP contribution in [0.25, 0.3) is 0 Å². The summed E-state index contributed by atoms with van der Waals surface area (Å²) in [6.07, 6.45) is 4.50. The number of hydrogen-bond donors (Lipinski definition) is 2. The van der Waals surface area contributed by atoms with Crippen molar-refractivity contribution in [3.63, 3.8) is 0 Å². The van der Waals surface area contributed by atoms with Crippen LogP contribution >= 0.6 is 0 Å². The molecule has 1 aliphatic carbocycles. The van der Waals surface area contributed by atoms with Crippen LogP contribution < -0.4 is 10.6 Å². The van der Waals surface area contributed by atoms with Gasteiger partial charge in [-0.05, 0) is 48.1 Å².